The molecule has 0 saturated heterocycles. The van der Waals surface area contributed by atoms with Gasteiger partial charge in [-0.2, -0.15) is 0 Å². The SMILES string of the molecule is COc1cccc(C(=O)NC(C)(CO)C(C)C)c1C. The number of rotatable bonds is 5. The largest absolute Gasteiger partial charge is 0.496 e. The molecule has 0 fully saturated rings. The van der Waals surface area contributed by atoms with E-state index in [-0.39, 0.29) is 18.4 Å². The molecule has 1 aromatic rings. The normalized spacial score (nSPS) is 14.1. The van der Waals surface area contributed by atoms with E-state index in [9.17, 15) is 9.90 Å². The summed E-state index contributed by atoms with van der Waals surface area (Å²) < 4.78 is 5.21. The summed E-state index contributed by atoms with van der Waals surface area (Å²) in [6, 6.07) is 5.36. The van der Waals surface area contributed by atoms with E-state index in [4.69, 9.17) is 4.74 Å². The van der Waals surface area contributed by atoms with Crippen molar-refractivity contribution in [1.82, 2.24) is 5.32 Å². The fraction of sp³-hybridized carbons (Fsp3) is 0.533. The van der Waals surface area contributed by atoms with E-state index in [1.54, 1.807) is 19.2 Å². The minimum Gasteiger partial charge on any atom is -0.496 e. The molecule has 4 heteroatoms. The van der Waals surface area contributed by atoms with Crippen LogP contribution >= 0.6 is 0 Å². The molecule has 106 valence electrons. The van der Waals surface area contributed by atoms with Gasteiger partial charge < -0.3 is 15.2 Å². The first-order valence-corrected chi connectivity index (χ1v) is 6.42. The number of hydrogen-bond donors (Lipinski definition) is 2. The second kappa shape index (κ2) is 6.06. The second-order valence-corrected chi connectivity index (χ2v) is 5.32. The zero-order valence-electron chi connectivity index (χ0n) is 12.3. The molecule has 0 aliphatic carbocycles. The molecule has 19 heavy (non-hydrogen) atoms. The number of nitrogens with one attached hydrogen (secondary N) is 1. The molecule has 0 saturated carbocycles. The monoisotopic (exact) mass is 265 g/mol. The Hall–Kier alpha value is -1.55. The predicted octanol–water partition coefficient (Wildman–Crippen LogP) is 2.14. The summed E-state index contributed by atoms with van der Waals surface area (Å²) in [5.74, 6) is 0.622. The predicted molar refractivity (Wildman–Crippen MR) is 75.5 cm³/mol. The van der Waals surface area contributed by atoms with Gasteiger partial charge in [0, 0.05) is 11.1 Å². The Morgan fingerprint density at radius 2 is 2.11 bits per heavy atom. The van der Waals surface area contributed by atoms with Crippen LogP contribution in [-0.4, -0.2) is 30.3 Å². The molecule has 1 atom stereocenters. The quantitative estimate of drug-likeness (QED) is 0.857. The van der Waals surface area contributed by atoms with Crippen LogP contribution in [-0.2, 0) is 0 Å². The van der Waals surface area contributed by atoms with Crippen LogP contribution in [0.15, 0.2) is 18.2 Å². The lowest BCUT2D eigenvalue weighted by molar-refractivity contribution is 0.0783. The lowest BCUT2D eigenvalue weighted by Gasteiger charge is -2.33. The van der Waals surface area contributed by atoms with E-state index in [0.29, 0.717) is 11.3 Å². The summed E-state index contributed by atoms with van der Waals surface area (Å²) in [7, 11) is 1.58. The number of aliphatic hydroxyl groups is 1. The third-order valence-electron chi connectivity index (χ3n) is 3.75. The summed E-state index contributed by atoms with van der Waals surface area (Å²) in [5.41, 5.74) is 0.735. The van der Waals surface area contributed by atoms with Crippen molar-refractivity contribution in [2.45, 2.75) is 33.2 Å². The molecule has 0 bridgehead atoms. The Morgan fingerprint density at radius 3 is 2.58 bits per heavy atom. The number of benzene rings is 1. The lowest BCUT2D eigenvalue weighted by Crippen LogP contribution is -2.52. The smallest absolute Gasteiger partial charge is 0.252 e. The van der Waals surface area contributed by atoms with Crippen LogP contribution in [0.4, 0.5) is 0 Å². The van der Waals surface area contributed by atoms with Gasteiger partial charge in [0.1, 0.15) is 5.75 Å². The van der Waals surface area contributed by atoms with Gasteiger partial charge in [0.25, 0.3) is 5.91 Å². The van der Waals surface area contributed by atoms with Crippen LogP contribution in [0.2, 0.25) is 0 Å². The molecule has 1 unspecified atom stereocenters. The molecule has 1 amide bonds. The van der Waals surface area contributed by atoms with E-state index < -0.39 is 5.54 Å². The molecular formula is C15H23NO3. The molecular weight excluding hydrogens is 242 g/mol. The average molecular weight is 265 g/mol. The lowest BCUT2D eigenvalue weighted by atomic mass is 9.89. The minimum atomic E-state index is -0.632. The van der Waals surface area contributed by atoms with Crippen LogP contribution in [0.1, 0.15) is 36.7 Å². The molecule has 0 spiro atoms. The van der Waals surface area contributed by atoms with E-state index in [1.165, 1.54) is 0 Å². The second-order valence-electron chi connectivity index (χ2n) is 5.32. The highest BCUT2D eigenvalue weighted by molar-refractivity contribution is 5.96. The Bertz CT molecular complexity index is 457. The molecule has 0 aliphatic heterocycles. The Labute approximate surface area is 114 Å². The molecule has 1 rings (SSSR count). The van der Waals surface area contributed by atoms with Crippen molar-refractivity contribution < 1.29 is 14.6 Å². The molecule has 1 aromatic carbocycles. The number of ether oxygens (including phenoxy) is 1. The van der Waals surface area contributed by atoms with Crippen LogP contribution in [0.5, 0.6) is 5.75 Å². The van der Waals surface area contributed by atoms with Gasteiger partial charge in [0.15, 0.2) is 0 Å². The molecule has 2 N–H and O–H groups in total. The van der Waals surface area contributed by atoms with Crippen LogP contribution in [0.25, 0.3) is 0 Å². The number of amides is 1. The Kier molecular flexibility index (Phi) is 4.95. The van der Waals surface area contributed by atoms with Crippen molar-refractivity contribution in [1.29, 1.82) is 0 Å². The summed E-state index contributed by atoms with van der Waals surface area (Å²) in [6.07, 6.45) is 0. The van der Waals surface area contributed by atoms with Gasteiger partial charge in [-0.05, 0) is 31.9 Å². The molecule has 0 heterocycles. The van der Waals surface area contributed by atoms with Crippen molar-refractivity contribution in [3.05, 3.63) is 29.3 Å². The first-order valence-electron chi connectivity index (χ1n) is 6.42. The number of carbonyl (C=O) groups is 1. The van der Waals surface area contributed by atoms with Crippen molar-refractivity contribution >= 4 is 5.91 Å². The first kappa shape index (κ1) is 15.5. The molecule has 0 aliphatic rings. The Morgan fingerprint density at radius 1 is 1.47 bits per heavy atom. The summed E-state index contributed by atoms with van der Waals surface area (Å²) in [4.78, 5) is 12.3. The van der Waals surface area contributed by atoms with Gasteiger partial charge >= 0.3 is 0 Å². The fourth-order valence-electron chi connectivity index (χ4n) is 1.77. The minimum absolute atomic E-state index is 0.0978. The van der Waals surface area contributed by atoms with E-state index in [1.807, 2.05) is 33.8 Å². The number of methoxy groups -OCH3 is 1. The van der Waals surface area contributed by atoms with Crippen LogP contribution < -0.4 is 10.1 Å². The van der Waals surface area contributed by atoms with Crippen molar-refractivity contribution in [3.8, 4) is 5.75 Å². The van der Waals surface area contributed by atoms with Gasteiger partial charge in [-0.3, -0.25) is 4.79 Å². The van der Waals surface area contributed by atoms with E-state index in [2.05, 4.69) is 5.32 Å². The van der Waals surface area contributed by atoms with Crippen LogP contribution in [0, 0.1) is 12.8 Å². The summed E-state index contributed by atoms with van der Waals surface area (Å²) in [5, 5.41) is 12.4. The van der Waals surface area contributed by atoms with Crippen molar-refractivity contribution in [2.24, 2.45) is 5.92 Å². The third-order valence-corrected chi connectivity index (χ3v) is 3.75. The zero-order chi connectivity index (χ0) is 14.6. The van der Waals surface area contributed by atoms with E-state index in [0.717, 1.165) is 5.56 Å². The van der Waals surface area contributed by atoms with Crippen molar-refractivity contribution in [3.63, 3.8) is 0 Å². The summed E-state index contributed by atoms with van der Waals surface area (Å²) in [6.45, 7) is 7.52. The summed E-state index contributed by atoms with van der Waals surface area (Å²) >= 11 is 0. The molecule has 0 aromatic heterocycles. The molecule has 0 radical (unpaired) electrons. The highest BCUT2D eigenvalue weighted by Gasteiger charge is 2.30. The van der Waals surface area contributed by atoms with E-state index >= 15 is 0 Å². The van der Waals surface area contributed by atoms with Gasteiger partial charge in [0.2, 0.25) is 0 Å². The maximum atomic E-state index is 12.3. The van der Waals surface area contributed by atoms with Gasteiger partial charge in [0.05, 0.1) is 19.3 Å². The molecule has 4 nitrogen and oxygen atoms in total. The zero-order valence-corrected chi connectivity index (χ0v) is 12.3. The first-order chi connectivity index (χ1) is 8.85. The average Bonchev–Trinajstić information content (AvgIpc) is 2.38. The van der Waals surface area contributed by atoms with Crippen molar-refractivity contribution in [2.75, 3.05) is 13.7 Å². The third kappa shape index (κ3) is 3.26. The Balaban J connectivity index is 3.02. The number of aliphatic hydroxyl groups excluding tert-OH is 1. The standard InChI is InChI=1S/C15H23NO3/c1-10(2)15(4,9-17)16-14(18)12-7-6-8-13(19-5)11(12)3/h6-8,10,17H,9H2,1-5H3,(H,16,18). The van der Waals surface area contributed by atoms with Gasteiger partial charge in [-0.15, -0.1) is 0 Å². The maximum absolute atomic E-state index is 12.3. The fourth-order valence-corrected chi connectivity index (χ4v) is 1.77. The van der Waals surface area contributed by atoms with Gasteiger partial charge in [-0.25, -0.2) is 0 Å². The topological polar surface area (TPSA) is 58.6 Å². The van der Waals surface area contributed by atoms with Crippen LogP contribution in [0.3, 0.4) is 0 Å². The maximum Gasteiger partial charge on any atom is 0.252 e. The van der Waals surface area contributed by atoms with Gasteiger partial charge in [-0.1, -0.05) is 19.9 Å². The number of carbonyl (C=O) groups excluding carboxylic acids is 1. The highest BCUT2D eigenvalue weighted by Crippen LogP contribution is 2.22. The number of hydrogen-bond acceptors (Lipinski definition) is 3. The highest BCUT2D eigenvalue weighted by atomic mass is 16.5.